The number of aromatic hydroxyl groups is 1. The molecule has 0 bridgehead atoms. The number of hydrogen-bond donors (Lipinski definition) is 1. The molecule has 0 aliphatic heterocycles. The first-order valence-electron chi connectivity index (χ1n) is 8.86. The molecule has 0 heterocycles. The molecule has 0 aromatic heterocycles. The number of ether oxygens (including phenoxy) is 1. The lowest BCUT2D eigenvalue weighted by Crippen LogP contribution is -2.09. The van der Waals surface area contributed by atoms with Crippen molar-refractivity contribution in [3.63, 3.8) is 0 Å². The summed E-state index contributed by atoms with van der Waals surface area (Å²) in [5.74, 6) is -0.536. The first kappa shape index (κ1) is 17.7. The predicted molar refractivity (Wildman–Crippen MR) is 104 cm³/mol. The van der Waals surface area contributed by atoms with E-state index in [1.165, 1.54) is 0 Å². The second-order valence-corrected chi connectivity index (χ2v) is 6.11. The Morgan fingerprint density at radius 1 is 0.846 bits per heavy atom. The van der Waals surface area contributed by atoms with Crippen LogP contribution in [0.15, 0.2) is 72.8 Å². The highest BCUT2D eigenvalue weighted by atomic mass is 16.5. The molecule has 3 aromatic rings. The lowest BCUT2D eigenvalue weighted by atomic mass is 9.93. The van der Waals surface area contributed by atoms with Gasteiger partial charge in [-0.05, 0) is 29.2 Å². The summed E-state index contributed by atoms with van der Waals surface area (Å²) in [6.07, 6.45) is 1.74. The molecule has 132 valence electrons. The fraction of sp³-hybridized carbons (Fsp3) is 0.174. The maximum absolute atomic E-state index is 12.7. The van der Waals surface area contributed by atoms with Crippen molar-refractivity contribution >= 4 is 5.97 Å². The van der Waals surface area contributed by atoms with Crippen molar-refractivity contribution < 1.29 is 14.6 Å². The highest BCUT2D eigenvalue weighted by Gasteiger charge is 2.22. The summed E-state index contributed by atoms with van der Waals surface area (Å²) >= 11 is 0. The Kier molecular flexibility index (Phi) is 5.69. The van der Waals surface area contributed by atoms with Crippen molar-refractivity contribution in [1.82, 2.24) is 0 Å². The number of carbonyl (C=O) groups is 1. The first-order valence-corrected chi connectivity index (χ1v) is 8.86. The van der Waals surface area contributed by atoms with Gasteiger partial charge in [-0.25, -0.2) is 4.79 Å². The topological polar surface area (TPSA) is 46.5 Å². The predicted octanol–water partition coefficient (Wildman–Crippen LogP) is 5.68. The smallest absolute Gasteiger partial charge is 0.342 e. The third-order valence-corrected chi connectivity index (χ3v) is 4.28. The van der Waals surface area contributed by atoms with Crippen molar-refractivity contribution in [1.29, 1.82) is 0 Å². The summed E-state index contributed by atoms with van der Waals surface area (Å²) in [5.41, 5.74) is 3.22. The van der Waals surface area contributed by atoms with Crippen LogP contribution in [0.1, 0.15) is 30.1 Å². The van der Waals surface area contributed by atoms with Crippen LogP contribution in [0.4, 0.5) is 0 Å². The number of phenols is 1. The second kappa shape index (κ2) is 8.34. The molecule has 0 saturated heterocycles. The van der Waals surface area contributed by atoms with E-state index >= 15 is 0 Å². The van der Waals surface area contributed by atoms with Gasteiger partial charge in [-0.15, -0.1) is 0 Å². The maximum atomic E-state index is 12.7. The summed E-state index contributed by atoms with van der Waals surface area (Å²) in [6.45, 7) is 2.38. The van der Waals surface area contributed by atoms with Gasteiger partial charge in [0.15, 0.2) is 0 Å². The van der Waals surface area contributed by atoms with Crippen LogP contribution < -0.4 is 0 Å². The van der Waals surface area contributed by atoms with E-state index < -0.39 is 5.97 Å². The molecule has 0 amide bonds. The zero-order chi connectivity index (χ0) is 18.4. The first-order chi connectivity index (χ1) is 12.7. The van der Waals surface area contributed by atoms with Gasteiger partial charge in [0, 0.05) is 5.56 Å². The third-order valence-electron chi connectivity index (χ3n) is 4.28. The maximum Gasteiger partial charge on any atom is 0.342 e. The van der Waals surface area contributed by atoms with Crippen LogP contribution in [0.25, 0.3) is 22.3 Å². The number of hydrogen-bond acceptors (Lipinski definition) is 3. The molecule has 3 nitrogen and oxygen atoms in total. The molecule has 0 unspecified atom stereocenters. The van der Waals surface area contributed by atoms with Crippen LogP contribution in [0, 0.1) is 0 Å². The van der Waals surface area contributed by atoms with Crippen LogP contribution >= 0.6 is 0 Å². The van der Waals surface area contributed by atoms with Gasteiger partial charge in [0.05, 0.1) is 6.61 Å². The van der Waals surface area contributed by atoms with Crippen LogP contribution in [0.3, 0.4) is 0 Å². The molecule has 26 heavy (non-hydrogen) atoms. The number of phenolic OH excluding ortho intramolecular Hbond substituents is 1. The average Bonchev–Trinajstić information content (AvgIpc) is 2.69. The molecule has 0 aliphatic carbocycles. The van der Waals surface area contributed by atoms with Gasteiger partial charge in [-0.1, -0.05) is 80.1 Å². The summed E-state index contributed by atoms with van der Waals surface area (Å²) < 4.78 is 5.40. The van der Waals surface area contributed by atoms with E-state index in [0.717, 1.165) is 24.0 Å². The van der Waals surface area contributed by atoms with Crippen molar-refractivity contribution in [3.8, 4) is 28.0 Å². The third kappa shape index (κ3) is 3.77. The van der Waals surface area contributed by atoms with E-state index in [2.05, 4.69) is 0 Å². The van der Waals surface area contributed by atoms with E-state index in [0.29, 0.717) is 17.7 Å². The Bertz CT molecular complexity index is 871. The summed E-state index contributed by atoms with van der Waals surface area (Å²) in [7, 11) is 0. The van der Waals surface area contributed by atoms with Gasteiger partial charge >= 0.3 is 5.97 Å². The Morgan fingerprint density at radius 2 is 1.38 bits per heavy atom. The van der Waals surface area contributed by atoms with Gasteiger partial charge in [0.25, 0.3) is 0 Å². The SMILES string of the molecule is CCCCOC(=O)c1c(-c2ccccc2)ccc(-c2ccccc2)c1O. The lowest BCUT2D eigenvalue weighted by molar-refractivity contribution is 0.0497. The molecule has 3 aromatic carbocycles. The number of carbonyl (C=O) groups excluding carboxylic acids is 1. The van der Waals surface area contributed by atoms with E-state index in [1.54, 1.807) is 0 Å². The highest BCUT2D eigenvalue weighted by molar-refractivity contribution is 6.02. The Labute approximate surface area is 153 Å². The van der Waals surface area contributed by atoms with Crippen molar-refractivity contribution in [2.45, 2.75) is 19.8 Å². The number of benzene rings is 3. The van der Waals surface area contributed by atoms with E-state index in [9.17, 15) is 9.90 Å². The Balaban J connectivity index is 2.10. The minimum Gasteiger partial charge on any atom is -0.506 e. The zero-order valence-corrected chi connectivity index (χ0v) is 14.8. The van der Waals surface area contributed by atoms with Gasteiger partial charge in [0.1, 0.15) is 11.3 Å². The fourth-order valence-corrected chi connectivity index (χ4v) is 2.89. The molecule has 0 fully saturated rings. The molecular weight excluding hydrogens is 324 g/mol. The van der Waals surface area contributed by atoms with Crippen molar-refractivity contribution in [2.75, 3.05) is 6.61 Å². The largest absolute Gasteiger partial charge is 0.506 e. The van der Waals surface area contributed by atoms with Gasteiger partial charge < -0.3 is 9.84 Å². The van der Waals surface area contributed by atoms with Gasteiger partial charge in [-0.3, -0.25) is 0 Å². The minimum absolute atomic E-state index is 0.0425. The van der Waals surface area contributed by atoms with Crippen molar-refractivity contribution in [2.24, 2.45) is 0 Å². The Hall–Kier alpha value is -3.07. The normalized spacial score (nSPS) is 10.5. The molecule has 0 aliphatic rings. The Morgan fingerprint density at radius 3 is 1.96 bits per heavy atom. The van der Waals surface area contributed by atoms with Gasteiger partial charge in [-0.2, -0.15) is 0 Å². The van der Waals surface area contributed by atoms with E-state index in [4.69, 9.17) is 4.74 Å². The molecular formula is C23H22O3. The molecule has 0 saturated carbocycles. The standard InChI is InChI=1S/C23H22O3/c1-2-3-16-26-23(25)21-19(17-10-6-4-7-11-17)14-15-20(22(21)24)18-12-8-5-9-13-18/h4-15,24H,2-3,16H2,1H3. The molecule has 0 spiro atoms. The molecule has 0 radical (unpaired) electrons. The molecule has 3 heteroatoms. The zero-order valence-electron chi connectivity index (χ0n) is 14.8. The summed E-state index contributed by atoms with van der Waals surface area (Å²) in [6, 6.07) is 22.8. The minimum atomic E-state index is -0.493. The molecule has 0 atom stereocenters. The number of unbranched alkanes of at least 4 members (excludes halogenated alkanes) is 1. The highest BCUT2D eigenvalue weighted by Crippen LogP contribution is 2.38. The summed E-state index contributed by atoms with van der Waals surface area (Å²) in [5, 5.41) is 10.9. The van der Waals surface area contributed by atoms with Crippen LogP contribution in [-0.4, -0.2) is 17.7 Å². The number of esters is 1. The van der Waals surface area contributed by atoms with Crippen LogP contribution in [0.2, 0.25) is 0 Å². The van der Waals surface area contributed by atoms with Crippen LogP contribution in [0.5, 0.6) is 5.75 Å². The average molecular weight is 346 g/mol. The summed E-state index contributed by atoms with van der Waals surface area (Å²) in [4.78, 5) is 12.7. The fourth-order valence-electron chi connectivity index (χ4n) is 2.89. The van der Waals surface area contributed by atoms with E-state index in [1.807, 2.05) is 79.7 Å². The van der Waals surface area contributed by atoms with Crippen molar-refractivity contribution in [3.05, 3.63) is 78.4 Å². The van der Waals surface area contributed by atoms with E-state index in [-0.39, 0.29) is 11.3 Å². The lowest BCUT2D eigenvalue weighted by Gasteiger charge is -2.15. The number of rotatable bonds is 6. The van der Waals surface area contributed by atoms with Gasteiger partial charge in [0.2, 0.25) is 0 Å². The molecule has 1 N–H and O–H groups in total. The monoisotopic (exact) mass is 346 g/mol. The quantitative estimate of drug-likeness (QED) is 0.461. The second-order valence-electron chi connectivity index (χ2n) is 6.11. The molecule has 3 rings (SSSR count). The van der Waals surface area contributed by atoms with Crippen LogP contribution in [-0.2, 0) is 4.74 Å².